The van der Waals surface area contributed by atoms with E-state index in [9.17, 15) is 0 Å². The molecule has 0 aliphatic heterocycles. The smallest absolute Gasteiger partial charge is 0.233 e. The lowest BCUT2D eigenvalue weighted by atomic mass is 10.0. The normalized spacial score (nSPS) is 11.1. The Kier molecular flexibility index (Phi) is 8.67. The molecule has 0 spiro atoms. The molecule has 0 aliphatic rings. The number of nitrogens with zero attached hydrogens (tertiary/aromatic N) is 6. The van der Waals surface area contributed by atoms with Gasteiger partial charge in [-0.2, -0.15) is 29.9 Å². The van der Waals surface area contributed by atoms with Gasteiger partial charge in [-0.3, -0.25) is 0 Å². The zero-order chi connectivity index (χ0) is 28.1. The minimum atomic E-state index is 0.0909. The average molecular weight is 570 g/mol. The summed E-state index contributed by atoms with van der Waals surface area (Å²) in [5.41, 5.74) is 14.9. The van der Waals surface area contributed by atoms with Crippen molar-refractivity contribution < 1.29 is 0 Å². The van der Waals surface area contributed by atoms with E-state index in [0.717, 1.165) is 16.7 Å². The van der Waals surface area contributed by atoms with E-state index in [2.05, 4.69) is 51.2 Å². The van der Waals surface area contributed by atoms with Gasteiger partial charge in [-0.1, -0.05) is 29.3 Å². The predicted octanol–water partition coefficient (Wildman–Crippen LogP) is 5.19. The Hall–Kier alpha value is -4.16. The molecule has 204 valence electrons. The number of anilines is 7. The minimum Gasteiger partial charge on any atom is -0.368 e. The van der Waals surface area contributed by atoms with Crippen molar-refractivity contribution in [3.8, 4) is 11.1 Å². The Balaban J connectivity index is 1.56. The Bertz CT molecular complexity index is 1460. The lowest BCUT2D eigenvalue weighted by Crippen LogP contribution is -2.15. The molecule has 8 N–H and O–H groups in total. The first-order chi connectivity index (χ1) is 18.5. The quantitative estimate of drug-likeness (QED) is 0.147. The monoisotopic (exact) mass is 568 g/mol. The number of hydrogen-bond acceptors (Lipinski definition) is 12. The van der Waals surface area contributed by atoms with E-state index in [-0.39, 0.29) is 29.9 Å². The summed E-state index contributed by atoms with van der Waals surface area (Å²) in [7, 11) is 0. The average Bonchev–Trinajstić information content (AvgIpc) is 2.81. The second-order valence-electron chi connectivity index (χ2n) is 9.30. The third-order valence-corrected chi connectivity index (χ3v) is 5.64. The van der Waals surface area contributed by atoms with Crippen molar-refractivity contribution in [2.75, 3.05) is 32.7 Å². The van der Waals surface area contributed by atoms with Crippen LogP contribution >= 0.6 is 23.2 Å². The number of nitrogens with one attached hydrogen (secondary N) is 4. The van der Waals surface area contributed by atoms with Gasteiger partial charge in [-0.25, -0.2) is 0 Å². The number of benzene rings is 2. The fourth-order valence-corrected chi connectivity index (χ4v) is 4.06. The van der Waals surface area contributed by atoms with Crippen LogP contribution in [0.1, 0.15) is 33.3 Å². The Morgan fingerprint density at radius 3 is 1.95 bits per heavy atom. The summed E-state index contributed by atoms with van der Waals surface area (Å²) in [4.78, 5) is 25.3. The highest BCUT2D eigenvalue weighted by Gasteiger charge is 2.12. The van der Waals surface area contributed by atoms with Gasteiger partial charge >= 0.3 is 0 Å². The van der Waals surface area contributed by atoms with E-state index in [1.54, 1.807) is 6.07 Å². The third kappa shape index (κ3) is 7.91. The molecule has 12 nitrogen and oxygen atoms in total. The van der Waals surface area contributed by atoms with E-state index < -0.39 is 0 Å². The van der Waals surface area contributed by atoms with Crippen molar-refractivity contribution in [1.82, 2.24) is 29.9 Å². The number of rotatable bonds is 10. The van der Waals surface area contributed by atoms with Crippen LogP contribution in [0, 0.1) is 0 Å². The summed E-state index contributed by atoms with van der Waals surface area (Å²) < 4.78 is 0. The molecule has 0 bridgehead atoms. The fourth-order valence-electron chi connectivity index (χ4n) is 3.60. The number of hydrogen-bond donors (Lipinski definition) is 6. The van der Waals surface area contributed by atoms with Gasteiger partial charge in [0.2, 0.25) is 35.7 Å². The summed E-state index contributed by atoms with van der Waals surface area (Å²) in [6.07, 6.45) is 0. The van der Waals surface area contributed by atoms with Gasteiger partial charge in [0.15, 0.2) is 0 Å². The van der Waals surface area contributed by atoms with Crippen LogP contribution in [0.4, 0.5) is 41.4 Å². The first-order valence-corrected chi connectivity index (χ1v) is 13.0. The van der Waals surface area contributed by atoms with Crippen LogP contribution in [0.2, 0.25) is 10.0 Å². The number of nitrogen functional groups attached to an aromatic ring is 2. The molecule has 2 aromatic heterocycles. The van der Waals surface area contributed by atoms with Crippen LogP contribution in [0.25, 0.3) is 11.1 Å². The van der Waals surface area contributed by atoms with Crippen LogP contribution in [0.5, 0.6) is 0 Å². The molecule has 0 unspecified atom stereocenters. The summed E-state index contributed by atoms with van der Waals surface area (Å²) in [5, 5.41) is 13.6. The first kappa shape index (κ1) is 27.9. The lowest BCUT2D eigenvalue weighted by molar-refractivity contribution is 0.867. The first-order valence-electron chi connectivity index (χ1n) is 12.2. The fraction of sp³-hybridized carbons (Fsp3) is 0.280. The zero-order valence-electron chi connectivity index (χ0n) is 21.9. The molecule has 2 aromatic carbocycles. The minimum absolute atomic E-state index is 0.0909. The largest absolute Gasteiger partial charge is 0.368 e. The van der Waals surface area contributed by atoms with Gasteiger partial charge in [0.05, 0.1) is 0 Å². The Labute approximate surface area is 236 Å². The van der Waals surface area contributed by atoms with Crippen LogP contribution in [0.3, 0.4) is 0 Å². The summed E-state index contributed by atoms with van der Waals surface area (Å²) in [6, 6.07) is 11.5. The number of aromatic nitrogens is 6. The molecule has 4 rings (SSSR count). The Morgan fingerprint density at radius 2 is 1.31 bits per heavy atom. The summed E-state index contributed by atoms with van der Waals surface area (Å²) >= 11 is 13.1. The van der Waals surface area contributed by atoms with Crippen molar-refractivity contribution in [2.45, 2.75) is 46.3 Å². The maximum absolute atomic E-state index is 6.59. The lowest BCUT2D eigenvalue weighted by Gasteiger charge is -2.13. The maximum atomic E-state index is 6.59. The van der Waals surface area contributed by atoms with Crippen molar-refractivity contribution >= 4 is 64.6 Å². The van der Waals surface area contributed by atoms with Crippen molar-refractivity contribution in [3.63, 3.8) is 0 Å². The highest BCUT2D eigenvalue weighted by Crippen LogP contribution is 2.34. The van der Waals surface area contributed by atoms with Gasteiger partial charge in [0.1, 0.15) is 0 Å². The highest BCUT2D eigenvalue weighted by atomic mass is 35.5. The van der Waals surface area contributed by atoms with Crippen molar-refractivity contribution in [3.05, 3.63) is 52.0 Å². The molecule has 4 aromatic rings. The molecule has 2 heterocycles. The van der Waals surface area contributed by atoms with Crippen LogP contribution in [-0.4, -0.2) is 42.0 Å². The van der Waals surface area contributed by atoms with Crippen molar-refractivity contribution in [2.24, 2.45) is 0 Å². The summed E-state index contributed by atoms with van der Waals surface area (Å²) in [6.45, 7) is 8.35. The van der Waals surface area contributed by atoms with Crippen molar-refractivity contribution in [1.29, 1.82) is 0 Å². The van der Waals surface area contributed by atoms with Gasteiger partial charge in [0, 0.05) is 39.9 Å². The topological polar surface area (TPSA) is 178 Å². The van der Waals surface area contributed by atoms with E-state index in [1.165, 1.54) is 0 Å². The second-order valence-corrected chi connectivity index (χ2v) is 10.1. The molecule has 0 saturated carbocycles. The molecule has 0 radical (unpaired) electrons. The van der Waals surface area contributed by atoms with Gasteiger partial charge < -0.3 is 32.7 Å². The Morgan fingerprint density at radius 1 is 0.718 bits per heavy atom. The zero-order valence-corrected chi connectivity index (χ0v) is 23.4. The maximum Gasteiger partial charge on any atom is 0.233 e. The van der Waals surface area contributed by atoms with E-state index >= 15 is 0 Å². The molecule has 0 amide bonds. The number of halogens is 2. The SMILES string of the molecule is CC(C)Nc1nc(N)nc(NCc2ccc(Cl)c(-c3cc(Cl)cc(Nc4nc(N)nc(NC(C)C)n4)c3)c2)n1. The van der Waals surface area contributed by atoms with Gasteiger partial charge in [-0.05, 0) is 69.2 Å². The molecule has 0 saturated heterocycles. The van der Waals surface area contributed by atoms with Crippen LogP contribution < -0.4 is 32.7 Å². The molecular formula is C25H30Cl2N12. The molecule has 14 heteroatoms. The van der Waals surface area contributed by atoms with E-state index in [4.69, 9.17) is 34.7 Å². The molecular weight excluding hydrogens is 539 g/mol. The molecule has 0 aliphatic carbocycles. The van der Waals surface area contributed by atoms with Gasteiger partial charge in [-0.15, -0.1) is 0 Å². The van der Waals surface area contributed by atoms with Crippen LogP contribution in [-0.2, 0) is 6.54 Å². The summed E-state index contributed by atoms with van der Waals surface area (Å²) in [5.74, 6) is 1.64. The predicted molar refractivity (Wildman–Crippen MR) is 159 cm³/mol. The molecule has 0 atom stereocenters. The molecule has 39 heavy (non-hydrogen) atoms. The molecule has 0 fully saturated rings. The van der Waals surface area contributed by atoms with Crippen LogP contribution in [0.15, 0.2) is 36.4 Å². The highest BCUT2D eigenvalue weighted by molar-refractivity contribution is 6.34. The van der Waals surface area contributed by atoms with E-state index in [0.29, 0.717) is 40.1 Å². The number of nitrogens with two attached hydrogens (primary N) is 2. The standard InChI is InChI=1S/C25H30Cl2N12/c1-12(2)31-23-35-20(28)34-22(38-23)30-11-14-5-6-19(27)18(7-14)15-8-16(26)10-17(9-15)33-25-37-21(29)36-24(39-25)32-13(3)4/h5-10,12-13H,11H2,1-4H3,(H4,28,30,31,34,35,38)(H4,29,32,33,36,37,39). The van der Waals surface area contributed by atoms with E-state index in [1.807, 2.05) is 58.0 Å². The second kappa shape index (κ2) is 12.1. The van der Waals surface area contributed by atoms with Gasteiger partial charge in [0.25, 0.3) is 0 Å². The third-order valence-electron chi connectivity index (χ3n) is 5.09.